The average Bonchev–Trinajstić information content (AvgIpc) is 3.54. The van der Waals surface area contributed by atoms with Gasteiger partial charge in [-0.3, -0.25) is 0 Å². The van der Waals surface area contributed by atoms with Crippen molar-refractivity contribution in [2.24, 2.45) is 0 Å². The van der Waals surface area contributed by atoms with Crippen molar-refractivity contribution in [3.8, 4) is 28.1 Å². The van der Waals surface area contributed by atoms with Gasteiger partial charge < -0.3 is 8.98 Å². The van der Waals surface area contributed by atoms with Crippen molar-refractivity contribution >= 4 is 56.7 Å². The lowest BCUT2D eigenvalue weighted by atomic mass is 9.98. The molecule has 2 aromatic heterocycles. The lowest BCUT2D eigenvalue weighted by Crippen LogP contribution is -2.22. The van der Waals surface area contributed by atoms with Crippen molar-refractivity contribution in [2.45, 2.75) is 0 Å². The highest BCUT2D eigenvalue weighted by molar-refractivity contribution is 7.80. The van der Waals surface area contributed by atoms with Crippen LogP contribution in [0.3, 0.4) is 0 Å². The molecule has 1 aliphatic rings. The van der Waals surface area contributed by atoms with Gasteiger partial charge >= 0.3 is 0 Å². The van der Waals surface area contributed by atoms with Crippen LogP contribution in [-0.2, 0) is 0 Å². The largest absolute Gasteiger partial charge is 0.456 e. The Labute approximate surface area is 238 Å². The maximum Gasteiger partial charge on any atom is 0.135 e. The quantitative estimate of drug-likeness (QED) is 0.200. The van der Waals surface area contributed by atoms with E-state index in [4.69, 9.17) is 4.42 Å². The van der Waals surface area contributed by atoms with Gasteiger partial charge in [0.25, 0.3) is 0 Å². The van der Waals surface area contributed by atoms with E-state index in [1.165, 1.54) is 49.2 Å². The SMILES string of the molecule is c1ccc(P2c3ccccc3-c3c(n(-c4ccc5oc6ccccc6c5c4)c4ccccc34)-c3ccccc32)cc1. The molecule has 0 saturated carbocycles. The Morgan fingerprint density at radius 1 is 0.488 bits per heavy atom. The minimum Gasteiger partial charge on any atom is -0.456 e. The fourth-order valence-corrected chi connectivity index (χ4v) is 9.23. The van der Waals surface area contributed by atoms with Crippen LogP contribution < -0.4 is 15.9 Å². The van der Waals surface area contributed by atoms with Gasteiger partial charge in [-0.15, -0.1) is 0 Å². The first-order chi connectivity index (χ1) is 20.4. The fraction of sp³-hybridized carbons (Fsp3) is 0. The van der Waals surface area contributed by atoms with Crippen LogP contribution in [-0.4, -0.2) is 4.57 Å². The monoisotopic (exact) mass is 541 g/mol. The van der Waals surface area contributed by atoms with Crippen molar-refractivity contribution in [1.29, 1.82) is 0 Å². The summed E-state index contributed by atoms with van der Waals surface area (Å²) in [5, 5.41) is 7.71. The van der Waals surface area contributed by atoms with Gasteiger partial charge in [-0.05, 0) is 59.7 Å². The van der Waals surface area contributed by atoms with Crippen LogP contribution in [0.15, 0.2) is 150 Å². The molecule has 0 bridgehead atoms. The zero-order valence-electron chi connectivity index (χ0n) is 22.2. The molecule has 0 aliphatic carbocycles. The van der Waals surface area contributed by atoms with Crippen molar-refractivity contribution in [3.63, 3.8) is 0 Å². The zero-order chi connectivity index (χ0) is 26.9. The van der Waals surface area contributed by atoms with Crippen LogP contribution >= 0.6 is 7.92 Å². The Morgan fingerprint density at radius 3 is 1.98 bits per heavy atom. The Hall–Kier alpha value is -4.91. The van der Waals surface area contributed by atoms with E-state index in [2.05, 4.69) is 138 Å². The first-order valence-electron chi connectivity index (χ1n) is 14.0. The molecule has 1 atom stereocenters. The standard InChI is InChI=1S/C38H24NOP/c1-2-12-26(13-3-1)41-35-20-10-6-16-29(35)37-28-15-4-8-18-32(28)39(38(37)30-17-7-11-21-36(30)41)25-22-23-34-31(24-25)27-14-5-9-19-33(27)40-34/h1-24H. The molecule has 41 heavy (non-hydrogen) atoms. The van der Waals surface area contributed by atoms with Gasteiger partial charge in [0.1, 0.15) is 11.2 Å². The Morgan fingerprint density at radius 2 is 1.12 bits per heavy atom. The van der Waals surface area contributed by atoms with Gasteiger partial charge in [-0.2, -0.15) is 0 Å². The molecule has 0 radical (unpaired) electrons. The predicted molar refractivity (Wildman–Crippen MR) is 174 cm³/mol. The molecule has 8 aromatic rings. The van der Waals surface area contributed by atoms with Crippen molar-refractivity contribution < 1.29 is 4.42 Å². The molecule has 0 amide bonds. The second-order valence-electron chi connectivity index (χ2n) is 10.6. The molecule has 6 aromatic carbocycles. The number of hydrogen-bond donors (Lipinski definition) is 0. The summed E-state index contributed by atoms with van der Waals surface area (Å²) in [5.74, 6) is 0. The number of para-hydroxylation sites is 2. The smallest absolute Gasteiger partial charge is 0.135 e. The van der Waals surface area contributed by atoms with Crippen LogP contribution in [0.25, 0.3) is 60.9 Å². The summed E-state index contributed by atoms with van der Waals surface area (Å²) in [4.78, 5) is 0. The van der Waals surface area contributed by atoms with Gasteiger partial charge in [-0.1, -0.05) is 115 Å². The van der Waals surface area contributed by atoms with Gasteiger partial charge in [0, 0.05) is 33.0 Å². The molecule has 9 rings (SSSR count). The molecule has 3 heterocycles. The number of furan rings is 1. The van der Waals surface area contributed by atoms with E-state index < -0.39 is 7.92 Å². The number of fused-ring (bicyclic) bond motifs is 10. The van der Waals surface area contributed by atoms with E-state index in [0.29, 0.717) is 0 Å². The van der Waals surface area contributed by atoms with E-state index in [0.717, 1.165) is 27.6 Å². The number of benzene rings is 6. The molecule has 0 saturated heterocycles. The van der Waals surface area contributed by atoms with Gasteiger partial charge in [0.2, 0.25) is 0 Å². The van der Waals surface area contributed by atoms with Crippen LogP contribution in [0.2, 0.25) is 0 Å². The van der Waals surface area contributed by atoms with Crippen LogP contribution in [0.4, 0.5) is 0 Å². The maximum absolute atomic E-state index is 6.20. The predicted octanol–water partition coefficient (Wildman–Crippen LogP) is 8.94. The van der Waals surface area contributed by atoms with Crippen molar-refractivity contribution in [3.05, 3.63) is 146 Å². The summed E-state index contributed by atoms with van der Waals surface area (Å²) in [5.41, 5.74) is 9.35. The highest BCUT2D eigenvalue weighted by Gasteiger charge is 2.32. The summed E-state index contributed by atoms with van der Waals surface area (Å²) < 4.78 is 8.68. The van der Waals surface area contributed by atoms with Crippen LogP contribution in [0.5, 0.6) is 0 Å². The Bertz CT molecular complexity index is 2270. The average molecular weight is 542 g/mol. The van der Waals surface area contributed by atoms with E-state index in [-0.39, 0.29) is 0 Å². The summed E-state index contributed by atoms with van der Waals surface area (Å²) in [6.45, 7) is 0. The third-order valence-corrected chi connectivity index (χ3v) is 10.9. The van der Waals surface area contributed by atoms with Crippen molar-refractivity contribution in [1.82, 2.24) is 4.57 Å². The van der Waals surface area contributed by atoms with Gasteiger partial charge in [0.05, 0.1) is 11.2 Å². The lowest BCUT2D eigenvalue weighted by molar-refractivity contribution is 0.669. The number of rotatable bonds is 2. The third kappa shape index (κ3) is 3.29. The fourth-order valence-electron chi connectivity index (χ4n) is 6.62. The van der Waals surface area contributed by atoms with E-state index in [1.54, 1.807) is 0 Å². The number of hydrogen-bond acceptors (Lipinski definition) is 1. The Kier molecular flexibility index (Phi) is 4.90. The summed E-state index contributed by atoms with van der Waals surface area (Å²) in [6.07, 6.45) is 0. The first kappa shape index (κ1) is 22.9. The lowest BCUT2D eigenvalue weighted by Gasteiger charge is -2.22. The normalized spacial score (nSPS) is 14.1. The molecule has 0 fully saturated rings. The number of nitrogens with zero attached hydrogens (tertiary/aromatic N) is 1. The number of aromatic nitrogens is 1. The van der Waals surface area contributed by atoms with Crippen LogP contribution in [0, 0.1) is 0 Å². The minimum atomic E-state index is -0.755. The topological polar surface area (TPSA) is 18.1 Å². The maximum atomic E-state index is 6.20. The second kappa shape index (κ2) is 8.80. The van der Waals surface area contributed by atoms with E-state index in [1.807, 2.05) is 12.1 Å². The molecule has 192 valence electrons. The molecule has 3 heteroatoms. The molecule has 0 spiro atoms. The highest BCUT2D eigenvalue weighted by Crippen LogP contribution is 2.50. The van der Waals surface area contributed by atoms with Crippen LogP contribution in [0.1, 0.15) is 0 Å². The van der Waals surface area contributed by atoms with Gasteiger partial charge in [-0.25, -0.2) is 0 Å². The van der Waals surface area contributed by atoms with Crippen molar-refractivity contribution in [2.75, 3.05) is 0 Å². The molecule has 1 aliphatic heterocycles. The highest BCUT2D eigenvalue weighted by atomic mass is 31.1. The molecular formula is C38H24NOP. The second-order valence-corrected chi connectivity index (χ2v) is 12.7. The molecule has 2 nitrogen and oxygen atoms in total. The van der Waals surface area contributed by atoms with E-state index >= 15 is 0 Å². The molecular weight excluding hydrogens is 517 g/mol. The molecule has 0 N–H and O–H groups in total. The summed E-state index contributed by atoms with van der Waals surface area (Å²) in [6, 6.07) is 52.9. The minimum absolute atomic E-state index is 0.755. The Balaban J connectivity index is 1.44. The molecule has 1 unspecified atom stereocenters. The van der Waals surface area contributed by atoms with Gasteiger partial charge in [0.15, 0.2) is 0 Å². The summed E-state index contributed by atoms with van der Waals surface area (Å²) >= 11 is 0. The zero-order valence-corrected chi connectivity index (χ0v) is 23.1. The van der Waals surface area contributed by atoms with E-state index in [9.17, 15) is 0 Å². The first-order valence-corrected chi connectivity index (χ1v) is 15.3. The third-order valence-electron chi connectivity index (χ3n) is 8.32. The summed E-state index contributed by atoms with van der Waals surface area (Å²) in [7, 11) is -0.755.